The lowest BCUT2D eigenvalue weighted by Crippen LogP contribution is -2.00. The maximum Gasteiger partial charge on any atom is 0.167 e. The Balaban J connectivity index is 1.07. The molecule has 6 nitrogen and oxygen atoms in total. The van der Waals surface area contributed by atoms with Gasteiger partial charge in [-0.15, -0.1) is 0 Å². The highest BCUT2D eigenvalue weighted by atomic mass is 16.3. The van der Waals surface area contributed by atoms with Crippen molar-refractivity contribution in [2.24, 2.45) is 0 Å². The third kappa shape index (κ3) is 4.39. The molecule has 0 radical (unpaired) electrons. The van der Waals surface area contributed by atoms with E-state index in [1.54, 1.807) is 0 Å². The number of aromatic nitrogens is 4. The Kier molecular flexibility index (Phi) is 6.24. The van der Waals surface area contributed by atoms with E-state index in [1.807, 2.05) is 54.6 Å². The van der Waals surface area contributed by atoms with E-state index in [-0.39, 0.29) is 0 Å². The second-order valence-electron chi connectivity index (χ2n) is 13.9. The van der Waals surface area contributed by atoms with Gasteiger partial charge in [-0.2, -0.15) is 0 Å². The van der Waals surface area contributed by atoms with Crippen LogP contribution in [0, 0.1) is 0 Å². The van der Waals surface area contributed by atoms with Crippen LogP contribution in [0.3, 0.4) is 0 Å². The molecule has 0 aliphatic rings. The van der Waals surface area contributed by atoms with Gasteiger partial charge in [0.25, 0.3) is 0 Å². The molecular formula is C49H28N4O2. The average molecular weight is 705 g/mol. The van der Waals surface area contributed by atoms with Crippen molar-refractivity contribution in [3.05, 3.63) is 170 Å². The molecule has 0 unspecified atom stereocenters. The quantitative estimate of drug-likeness (QED) is 0.182. The van der Waals surface area contributed by atoms with Crippen LogP contribution >= 0.6 is 0 Å². The van der Waals surface area contributed by atoms with Gasteiger partial charge in [-0.3, -0.25) is 0 Å². The molecule has 12 rings (SSSR count). The molecule has 12 aromatic rings. The summed E-state index contributed by atoms with van der Waals surface area (Å²) in [7, 11) is 0. The minimum Gasteiger partial charge on any atom is -0.455 e. The number of fused-ring (bicyclic) bond motifs is 13. The summed E-state index contributed by atoms with van der Waals surface area (Å²) in [6, 6.07) is 58.4. The monoisotopic (exact) mass is 704 g/mol. The van der Waals surface area contributed by atoms with Gasteiger partial charge in [0.1, 0.15) is 22.3 Å². The van der Waals surface area contributed by atoms with Crippen molar-refractivity contribution in [1.82, 2.24) is 19.5 Å². The molecule has 0 aliphatic heterocycles. The van der Waals surface area contributed by atoms with Crippen LogP contribution in [0.5, 0.6) is 0 Å². The Bertz CT molecular complexity index is 3430. The smallest absolute Gasteiger partial charge is 0.167 e. The van der Waals surface area contributed by atoms with Gasteiger partial charge in [0.15, 0.2) is 17.5 Å². The lowest BCUT2D eigenvalue weighted by Gasteiger charge is -2.11. The van der Waals surface area contributed by atoms with Gasteiger partial charge in [-0.25, -0.2) is 15.0 Å². The molecule has 4 aromatic heterocycles. The topological polar surface area (TPSA) is 69.9 Å². The minimum atomic E-state index is 0.533. The Morgan fingerprint density at radius 3 is 1.64 bits per heavy atom. The Morgan fingerprint density at radius 2 is 0.909 bits per heavy atom. The van der Waals surface area contributed by atoms with E-state index in [2.05, 4.69) is 120 Å². The number of hydrogen-bond acceptors (Lipinski definition) is 5. The van der Waals surface area contributed by atoms with E-state index >= 15 is 0 Å². The number of rotatable bonds is 4. The molecule has 0 bridgehead atoms. The highest BCUT2D eigenvalue weighted by molar-refractivity contribution is 6.34. The average Bonchev–Trinajstić information content (AvgIpc) is 3.94. The van der Waals surface area contributed by atoms with Gasteiger partial charge in [-0.05, 0) is 53.9 Å². The van der Waals surface area contributed by atoms with Crippen molar-refractivity contribution < 1.29 is 8.83 Å². The Hall–Kier alpha value is -7.57. The first-order chi connectivity index (χ1) is 27.3. The van der Waals surface area contributed by atoms with Crippen LogP contribution in [0.15, 0.2) is 179 Å². The largest absolute Gasteiger partial charge is 0.455 e. The molecule has 0 saturated carbocycles. The highest BCUT2D eigenvalue weighted by Gasteiger charge is 2.24. The van der Waals surface area contributed by atoms with Crippen LogP contribution in [-0.2, 0) is 0 Å². The number of para-hydroxylation sites is 4. The van der Waals surface area contributed by atoms with Gasteiger partial charge >= 0.3 is 0 Å². The zero-order valence-corrected chi connectivity index (χ0v) is 29.3. The molecule has 0 spiro atoms. The predicted octanol–water partition coefficient (Wildman–Crippen LogP) is 12.9. The fourth-order valence-corrected chi connectivity index (χ4v) is 8.40. The lowest BCUT2D eigenvalue weighted by atomic mass is 9.99. The summed E-state index contributed by atoms with van der Waals surface area (Å²) >= 11 is 0. The molecule has 6 heteroatoms. The van der Waals surface area contributed by atoms with Gasteiger partial charge in [0.2, 0.25) is 0 Å². The third-order valence-corrected chi connectivity index (χ3v) is 10.9. The number of hydrogen-bond donors (Lipinski definition) is 0. The fourth-order valence-electron chi connectivity index (χ4n) is 8.40. The Morgan fingerprint density at radius 1 is 0.345 bits per heavy atom. The molecule has 0 fully saturated rings. The van der Waals surface area contributed by atoms with Crippen LogP contribution in [0.1, 0.15) is 0 Å². The minimum absolute atomic E-state index is 0.533. The van der Waals surface area contributed by atoms with E-state index < -0.39 is 0 Å². The summed E-state index contributed by atoms with van der Waals surface area (Å²) < 4.78 is 15.8. The van der Waals surface area contributed by atoms with Crippen molar-refractivity contribution in [2.45, 2.75) is 0 Å². The fraction of sp³-hybridized carbons (Fsp3) is 0. The van der Waals surface area contributed by atoms with Crippen LogP contribution in [0.4, 0.5) is 0 Å². The first kappa shape index (κ1) is 29.9. The molecule has 8 aromatic carbocycles. The van der Waals surface area contributed by atoms with Crippen molar-refractivity contribution in [1.29, 1.82) is 0 Å². The van der Waals surface area contributed by atoms with Gasteiger partial charge < -0.3 is 13.4 Å². The summed E-state index contributed by atoms with van der Waals surface area (Å²) in [4.78, 5) is 15.3. The normalized spacial score (nSPS) is 12.0. The van der Waals surface area contributed by atoms with E-state index in [0.717, 1.165) is 82.5 Å². The molecule has 0 aliphatic carbocycles. The molecule has 256 valence electrons. The summed E-state index contributed by atoms with van der Waals surface area (Å²) in [6.45, 7) is 0. The van der Waals surface area contributed by atoms with Gasteiger partial charge in [-0.1, -0.05) is 121 Å². The van der Waals surface area contributed by atoms with Crippen LogP contribution in [-0.4, -0.2) is 19.5 Å². The first-order valence-electron chi connectivity index (χ1n) is 18.4. The van der Waals surface area contributed by atoms with Gasteiger partial charge in [0, 0.05) is 49.1 Å². The van der Waals surface area contributed by atoms with Crippen LogP contribution in [0.25, 0.3) is 116 Å². The number of nitrogens with zero attached hydrogens (tertiary/aromatic N) is 4. The predicted molar refractivity (Wildman–Crippen MR) is 223 cm³/mol. The molecule has 4 heterocycles. The number of furan rings is 2. The lowest BCUT2D eigenvalue weighted by molar-refractivity contribution is 0.665. The second-order valence-corrected chi connectivity index (χ2v) is 13.9. The zero-order chi connectivity index (χ0) is 36.0. The first-order valence-corrected chi connectivity index (χ1v) is 18.4. The van der Waals surface area contributed by atoms with Crippen LogP contribution in [0.2, 0.25) is 0 Å². The number of benzene rings is 8. The zero-order valence-electron chi connectivity index (χ0n) is 29.3. The van der Waals surface area contributed by atoms with Crippen molar-refractivity contribution >= 4 is 76.5 Å². The maximum atomic E-state index is 6.91. The SMILES string of the molecule is c1ccc(-c2nc(-c3ccc(-n4c5ccccc5c5ccccc54)cc3)nc(-c3cccc4c3oc3c5ccccc5c5c6ccccc6oc5c43)n2)cc1. The standard InChI is InChI=1S/C49H28N4O2/c1-2-13-29(14-3-1)47-50-48(30-25-27-31(28-26-30)53-39-22-9-6-15-32(39)33-16-7-10-23-40(33)53)52-49(51-47)38-21-12-20-37-43-45(55-44(37)38)35-18-5-4-17-34(35)42-36-19-8-11-24-41(36)54-46(42)43/h1-28H. The summed E-state index contributed by atoms with van der Waals surface area (Å²) in [5.74, 6) is 1.70. The van der Waals surface area contributed by atoms with Crippen molar-refractivity contribution in [3.8, 4) is 39.9 Å². The molecule has 0 N–H and O–H groups in total. The molecular weight excluding hydrogens is 677 g/mol. The van der Waals surface area contributed by atoms with E-state index in [9.17, 15) is 0 Å². The molecule has 0 atom stereocenters. The Labute approximate surface area is 313 Å². The third-order valence-electron chi connectivity index (χ3n) is 10.9. The van der Waals surface area contributed by atoms with Crippen molar-refractivity contribution in [3.63, 3.8) is 0 Å². The van der Waals surface area contributed by atoms with Gasteiger partial charge in [0.05, 0.1) is 22.0 Å². The summed E-state index contributed by atoms with van der Waals surface area (Å²) in [5, 5.41) is 8.64. The summed E-state index contributed by atoms with van der Waals surface area (Å²) in [6.07, 6.45) is 0. The van der Waals surface area contributed by atoms with Crippen molar-refractivity contribution in [2.75, 3.05) is 0 Å². The van der Waals surface area contributed by atoms with E-state index in [0.29, 0.717) is 23.1 Å². The second kappa shape index (κ2) is 11.5. The van der Waals surface area contributed by atoms with Crippen LogP contribution < -0.4 is 0 Å². The maximum absolute atomic E-state index is 6.91. The molecule has 55 heavy (non-hydrogen) atoms. The summed E-state index contributed by atoms with van der Waals surface area (Å²) in [5.41, 5.74) is 9.11. The molecule has 0 amide bonds. The van der Waals surface area contributed by atoms with E-state index in [1.165, 1.54) is 10.8 Å². The highest BCUT2D eigenvalue weighted by Crippen LogP contribution is 2.46. The molecule has 0 saturated heterocycles. The van der Waals surface area contributed by atoms with E-state index in [4.69, 9.17) is 23.8 Å².